The van der Waals surface area contributed by atoms with Gasteiger partial charge in [0, 0.05) is 17.8 Å². The molecule has 2 amide bonds. The highest BCUT2D eigenvalue weighted by Crippen LogP contribution is 2.21. The molecule has 2 aromatic heterocycles. The van der Waals surface area contributed by atoms with Crippen LogP contribution in [0, 0.1) is 6.92 Å². The van der Waals surface area contributed by atoms with Crippen molar-refractivity contribution in [1.29, 1.82) is 0 Å². The van der Waals surface area contributed by atoms with Gasteiger partial charge in [0.15, 0.2) is 0 Å². The Labute approximate surface area is 116 Å². The number of rotatable bonds is 2. The molecular weight excluding hydrogens is 252 g/mol. The van der Waals surface area contributed by atoms with Gasteiger partial charge < -0.3 is 5.73 Å². The van der Waals surface area contributed by atoms with Gasteiger partial charge in [-0.2, -0.15) is 5.01 Å². The van der Waals surface area contributed by atoms with E-state index in [1.165, 1.54) is 10.6 Å². The van der Waals surface area contributed by atoms with Crippen LogP contribution in [-0.2, 0) is 0 Å². The number of pyridine rings is 1. The number of hydrogen-bond donors (Lipinski definition) is 1. The van der Waals surface area contributed by atoms with Crippen molar-refractivity contribution in [2.75, 3.05) is 5.01 Å². The average molecular weight is 266 g/mol. The molecule has 100 valence electrons. The summed E-state index contributed by atoms with van der Waals surface area (Å²) in [5.41, 5.74) is 8.23. The van der Waals surface area contributed by atoms with Crippen molar-refractivity contribution in [3.63, 3.8) is 0 Å². The average Bonchev–Trinajstić information content (AvgIpc) is 2.83. The summed E-state index contributed by atoms with van der Waals surface area (Å²) in [4.78, 5) is 15.8. The number of aromatic nitrogens is 2. The van der Waals surface area contributed by atoms with E-state index in [0.717, 1.165) is 10.9 Å². The van der Waals surface area contributed by atoms with E-state index in [1.54, 1.807) is 29.2 Å². The number of carbonyl (C=O) groups is 1. The predicted molar refractivity (Wildman–Crippen MR) is 78.4 cm³/mol. The molecule has 3 aromatic rings. The topological polar surface area (TPSA) is 64.2 Å². The first kappa shape index (κ1) is 12.2. The van der Waals surface area contributed by atoms with Crippen molar-refractivity contribution in [3.05, 3.63) is 60.6 Å². The van der Waals surface area contributed by atoms with E-state index in [1.807, 2.05) is 31.3 Å². The van der Waals surface area contributed by atoms with E-state index in [0.29, 0.717) is 5.69 Å². The largest absolute Gasteiger partial charge is 0.350 e. The standard InChI is InChI=1S/C15H14N4O/c1-11-4-5-14-12(9-11)6-8-18(14)19(15(16)20)13-3-2-7-17-10-13/h2-10H,1H3,(H2,16,20). The number of fused-ring (bicyclic) bond motifs is 1. The van der Waals surface area contributed by atoms with Crippen LogP contribution < -0.4 is 10.7 Å². The third-order valence-corrected chi connectivity index (χ3v) is 3.14. The zero-order valence-corrected chi connectivity index (χ0v) is 11.0. The fraction of sp³-hybridized carbons (Fsp3) is 0.0667. The maximum absolute atomic E-state index is 11.8. The Morgan fingerprint density at radius 1 is 1.30 bits per heavy atom. The molecule has 0 spiro atoms. The number of hydrogen-bond acceptors (Lipinski definition) is 2. The number of nitrogens with two attached hydrogens (primary N) is 1. The number of aryl methyl sites for hydroxylation is 1. The smallest absolute Gasteiger partial charge is 0.338 e. The molecule has 0 fully saturated rings. The van der Waals surface area contributed by atoms with Gasteiger partial charge in [-0.25, -0.2) is 4.79 Å². The van der Waals surface area contributed by atoms with Crippen molar-refractivity contribution >= 4 is 22.6 Å². The van der Waals surface area contributed by atoms with Gasteiger partial charge in [0.2, 0.25) is 0 Å². The monoisotopic (exact) mass is 266 g/mol. The highest BCUT2D eigenvalue weighted by Gasteiger charge is 2.16. The Bertz CT molecular complexity index is 764. The third-order valence-electron chi connectivity index (χ3n) is 3.14. The van der Waals surface area contributed by atoms with Crippen LogP contribution >= 0.6 is 0 Å². The maximum Gasteiger partial charge on any atom is 0.338 e. The van der Waals surface area contributed by atoms with Crippen LogP contribution in [0.4, 0.5) is 10.5 Å². The lowest BCUT2D eigenvalue weighted by Crippen LogP contribution is -2.39. The number of benzene rings is 1. The minimum absolute atomic E-state index is 0.559. The number of primary amides is 1. The van der Waals surface area contributed by atoms with Crippen LogP contribution in [0.5, 0.6) is 0 Å². The van der Waals surface area contributed by atoms with Crippen LogP contribution in [-0.4, -0.2) is 15.7 Å². The van der Waals surface area contributed by atoms with Crippen molar-refractivity contribution < 1.29 is 4.79 Å². The molecular formula is C15H14N4O. The van der Waals surface area contributed by atoms with E-state index in [4.69, 9.17) is 5.73 Å². The molecule has 0 radical (unpaired) electrons. The second-order valence-corrected chi connectivity index (χ2v) is 4.58. The molecule has 0 saturated carbocycles. The molecule has 5 heteroatoms. The van der Waals surface area contributed by atoms with E-state index < -0.39 is 6.03 Å². The van der Waals surface area contributed by atoms with Crippen LogP contribution in [0.3, 0.4) is 0 Å². The number of nitrogens with zero attached hydrogens (tertiary/aromatic N) is 3. The second kappa shape index (κ2) is 4.70. The summed E-state index contributed by atoms with van der Waals surface area (Å²) in [6, 6.07) is 11.0. The van der Waals surface area contributed by atoms with Gasteiger partial charge >= 0.3 is 6.03 Å². The molecule has 0 aliphatic rings. The fourth-order valence-electron chi connectivity index (χ4n) is 2.26. The van der Waals surface area contributed by atoms with Gasteiger partial charge in [-0.05, 0) is 37.3 Å². The van der Waals surface area contributed by atoms with Crippen molar-refractivity contribution in [3.8, 4) is 0 Å². The summed E-state index contributed by atoms with van der Waals surface area (Å²) in [6.07, 6.45) is 5.08. The van der Waals surface area contributed by atoms with Gasteiger partial charge in [0.05, 0.1) is 17.4 Å². The normalized spacial score (nSPS) is 10.7. The SMILES string of the molecule is Cc1ccc2c(ccn2N(C(N)=O)c2cccnc2)c1. The first-order chi connectivity index (χ1) is 9.66. The van der Waals surface area contributed by atoms with Crippen molar-refractivity contribution in [2.24, 2.45) is 5.73 Å². The van der Waals surface area contributed by atoms with Gasteiger partial charge in [0.25, 0.3) is 0 Å². The Hall–Kier alpha value is -2.82. The van der Waals surface area contributed by atoms with E-state index in [2.05, 4.69) is 11.1 Å². The van der Waals surface area contributed by atoms with Crippen molar-refractivity contribution in [1.82, 2.24) is 9.66 Å². The summed E-state index contributed by atoms with van der Waals surface area (Å²) in [5, 5.41) is 2.45. The highest BCUT2D eigenvalue weighted by atomic mass is 16.2. The highest BCUT2D eigenvalue weighted by molar-refractivity contribution is 5.93. The molecule has 20 heavy (non-hydrogen) atoms. The summed E-state index contributed by atoms with van der Waals surface area (Å²) >= 11 is 0. The molecule has 2 N–H and O–H groups in total. The molecule has 2 heterocycles. The lowest BCUT2D eigenvalue weighted by molar-refractivity contribution is 0.252. The molecule has 0 saturated heterocycles. The maximum atomic E-state index is 11.8. The van der Waals surface area contributed by atoms with Gasteiger partial charge in [-0.3, -0.25) is 9.66 Å². The van der Waals surface area contributed by atoms with E-state index >= 15 is 0 Å². The quantitative estimate of drug-likeness (QED) is 0.775. The van der Waals surface area contributed by atoms with E-state index in [-0.39, 0.29) is 0 Å². The molecule has 1 aromatic carbocycles. The van der Waals surface area contributed by atoms with Crippen LogP contribution in [0.15, 0.2) is 55.0 Å². The zero-order chi connectivity index (χ0) is 14.1. The lowest BCUT2D eigenvalue weighted by Gasteiger charge is -2.22. The number of anilines is 1. The Kier molecular flexibility index (Phi) is 2.87. The number of urea groups is 1. The van der Waals surface area contributed by atoms with Crippen LogP contribution in [0.2, 0.25) is 0 Å². The van der Waals surface area contributed by atoms with Crippen molar-refractivity contribution in [2.45, 2.75) is 6.92 Å². The summed E-state index contributed by atoms with van der Waals surface area (Å²) < 4.78 is 1.73. The summed E-state index contributed by atoms with van der Waals surface area (Å²) in [6.45, 7) is 2.03. The third kappa shape index (κ3) is 1.99. The fourth-order valence-corrected chi connectivity index (χ4v) is 2.26. The molecule has 0 atom stereocenters. The molecule has 3 rings (SSSR count). The predicted octanol–water partition coefficient (Wildman–Crippen LogP) is 2.69. The molecule has 0 aliphatic carbocycles. The first-order valence-corrected chi connectivity index (χ1v) is 6.24. The molecule has 0 unspecified atom stereocenters. The Balaban J connectivity index is 2.18. The van der Waals surface area contributed by atoms with Gasteiger partial charge in [-0.1, -0.05) is 11.6 Å². The van der Waals surface area contributed by atoms with E-state index in [9.17, 15) is 4.79 Å². The molecule has 0 bridgehead atoms. The number of carbonyl (C=O) groups excluding carboxylic acids is 1. The van der Waals surface area contributed by atoms with Gasteiger partial charge in [0.1, 0.15) is 0 Å². The summed E-state index contributed by atoms with van der Waals surface area (Å²) in [5.74, 6) is 0. The molecule has 5 nitrogen and oxygen atoms in total. The minimum Gasteiger partial charge on any atom is -0.350 e. The Morgan fingerprint density at radius 2 is 2.15 bits per heavy atom. The minimum atomic E-state index is -0.559. The first-order valence-electron chi connectivity index (χ1n) is 6.24. The molecule has 0 aliphatic heterocycles. The van der Waals surface area contributed by atoms with Crippen LogP contribution in [0.1, 0.15) is 5.56 Å². The Morgan fingerprint density at radius 3 is 2.85 bits per heavy atom. The van der Waals surface area contributed by atoms with Crippen LogP contribution in [0.25, 0.3) is 10.9 Å². The summed E-state index contributed by atoms with van der Waals surface area (Å²) in [7, 11) is 0. The number of amides is 2. The lowest BCUT2D eigenvalue weighted by atomic mass is 10.2. The second-order valence-electron chi connectivity index (χ2n) is 4.58. The zero-order valence-electron chi connectivity index (χ0n) is 11.0. The van der Waals surface area contributed by atoms with Gasteiger partial charge in [-0.15, -0.1) is 0 Å².